The van der Waals surface area contributed by atoms with Gasteiger partial charge in [0.15, 0.2) is 11.5 Å². The van der Waals surface area contributed by atoms with Gasteiger partial charge < -0.3 is 45.2 Å². The van der Waals surface area contributed by atoms with Crippen LogP contribution in [-0.2, 0) is 4.74 Å². The summed E-state index contributed by atoms with van der Waals surface area (Å²) in [5, 5.41) is 69.8. The number of benzene rings is 2. The first-order chi connectivity index (χ1) is 14.7. The normalized spacial score (nSPS) is 26.1. The highest BCUT2D eigenvalue weighted by Crippen LogP contribution is 2.42. The third-order valence-corrected chi connectivity index (χ3v) is 5.11. The van der Waals surface area contributed by atoms with Crippen molar-refractivity contribution in [2.24, 2.45) is 0 Å². The topological polar surface area (TPSA) is 171 Å². The molecule has 0 amide bonds. The zero-order chi connectivity index (χ0) is 22.4. The van der Waals surface area contributed by atoms with Crippen LogP contribution in [0.5, 0.6) is 28.7 Å². The lowest BCUT2D eigenvalue weighted by Gasteiger charge is -2.38. The summed E-state index contributed by atoms with van der Waals surface area (Å²) in [6, 6.07) is 7.58. The number of hydrogen-bond acceptors (Lipinski definition) is 9. The van der Waals surface area contributed by atoms with Gasteiger partial charge in [0, 0.05) is 18.2 Å². The maximum Gasteiger partial charge on any atom is 0.402 e. The van der Waals surface area contributed by atoms with E-state index in [4.69, 9.17) is 13.9 Å². The van der Waals surface area contributed by atoms with Gasteiger partial charge in [-0.2, -0.15) is 0 Å². The molecule has 10 nitrogen and oxygen atoms in total. The van der Waals surface area contributed by atoms with Crippen molar-refractivity contribution in [3.8, 4) is 40.1 Å². The van der Waals surface area contributed by atoms with Gasteiger partial charge in [0.2, 0.25) is 12.0 Å². The molecule has 1 aromatic heterocycles. The van der Waals surface area contributed by atoms with Crippen LogP contribution in [0.3, 0.4) is 0 Å². The van der Waals surface area contributed by atoms with Crippen LogP contribution in [0.4, 0.5) is 0 Å². The van der Waals surface area contributed by atoms with Crippen molar-refractivity contribution in [1.29, 1.82) is 0 Å². The first-order valence-corrected chi connectivity index (χ1v) is 9.37. The molecule has 31 heavy (non-hydrogen) atoms. The van der Waals surface area contributed by atoms with Gasteiger partial charge in [-0.15, -0.1) is 0 Å². The molecule has 3 aromatic rings. The summed E-state index contributed by atoms with van der Waals surface area (Å²) < 4.78 is 17.0. The van der Waals surface area contributed by atoms with Crippen LogP contribution in [0.2, 0.25) is 0 Å². The van der Waals surface area contributed by atoms with Crippen LogP contribution in [-0.4, -0.2) is 66.5 Å². The Labute approximate surface area is 175 Å². The first-order valence-electron chi connectivity index (χ1n) is 9.37. The molecule has 0 radical (unpaired) electrons. The number of hydrogen-bond donors (Lipinski definition) is 7. The van der Waals surface area contributed by atoms with Gasteiger partial charge in [0.05, 0.1) is 17.7 Å². The Morgan fingerprint density at radius 2 is 1.58 bits per heavy atom. The first kappa shape index (κ1) is 20.9. The fraction of sp³-hybridized carbons (Fsp3) is 0.286. The Kier molecular flexibility index (Phi) is 5.23. The minimum absolute atomic E-state index is 0.0110. The van der Waals surface area contributed by atoms with E-state index in [0.717, 1.165) is 6.07 Å². The van der Waals surface area contributed by atoms with Gasteiger partial charge >= 0.3 is 11.3 Å². The zero-order valence-corrected chi connectivity index (χ0v) is 16.2. The van der Waals surface area contributed by atoms with E-state index < -0.39 is 36.5 Å². The molecular formula is C21H21O10+. The average molecular weight is 433 g/mol. The molecule has 5 atom stereocenters. The number of phenolic OH excluding ortho intramolecular Hbond substituents is 4. The van der Waals surface area contributed by atoms with Gasteiger partial charge in [-0.25, -0.2) is 4.42 Å². The maximum atomic E-state index is 10.3. The number of aromatic hydroxyl groups is 4. The molecular weight excluding hydrogens is 412 g/mol. The number of ether oxygens (including phenoxy) is 2. The number of phenols is 4. The van der Waals surface area contributed by atoms with Crippen LogP contribution < -0.4 is 4.74 Å². The Morgan fingerprint density at radius 1 is 0.839 bits per heavy atom. The molecule has 2 heterocycles. The van der Waals surface area contributed by atoms with Crippen LogP contribution in [0.1, 0.15) is 6.92 Å². The van der Waals surface area contributed by atoms with Crippen molar-refractivity contribution >= 4 is 11.0 Å². The lowest BCUT2D eigenvalue weighted by atomic mass is 10.00. The molecule has 0 saturated carbocycles. The van der Waals surface area contributed by atoms with Crippen molar-refractivity contribution in [2.75, 3.05) is 0 Å². The summed E-state index contributed by atoms with van der Waals surface area (Å²) in [6.07, 6.45) is -6.71. The lowest BCUT2D eigenvalue weighted by molar-refractivity contribution is -0.268. The van der Waals surface area contributed by atoms with E-state index in [0.29, 0.717) is 0 Å². The fourth-order valence-electron chi connectivity index (χ4n) is 3.37. The van der Waals surface area contributed by atoms with Gasteiger partial charge in [-0.3, -0.25) is 0 Å². The minimum atomic E-state index is -1.60. The highest BCUT2D eigenvalue weighted by Gasteiger charge is 2.44. The molecule has 0 bridgehead atoms. The summed E-state index contributed by atoms with van der Waals surface area (Å²) in [6.45, 7) is 1.49. The summed E-state index contributed by atoms with van der Waals surface area (Å²) in [5.41, 5.74) is 0.343. The highest BCUT2D eigenvalue weighted by atomic mass is 16.7. The Bertz CT molecular complexity index is 1130. The summed E-state index contributed by atoms with van der Waals surface area (Å²) in [5.74, 6) is -1.38. The standard InChI is InChI=1S/C21H20O10/c1-8-17(26)18(27)19(28)21(29-8)31-16-7-11-13(24)5-10(22)6-15(11)30-20(16)9-2-3-12(23)14(25)4-9/h2-8,17-19,21,26-28H,1H3,(H3-,22,23,24,25)/p+1/t8?,17-,18?,19?,21-/m1/s1. The zero-order valence-electron chi connectivity index (χ0n) is 16.2. The fourth-order valence-corrected chi connectivity index (χ4v) is 3.37. The molecule has 10 heteroatoms. The monoisotopic (exact) mass is 433 g/mol. The molecule has 1 aliphatic heterocycles. The molecule has 1 saturated heterocycles. The molecule has 4 rings (SSSR count). The second kappa shape index (κ2) is 7.75. The van der Waals surface area contributed by atoms with Gasteiger partial charge in [0.25, 0.3) is 0 Å². The lowest BCUT2D eigenvalue weighted by Crippen LogP contribution is -2.58. The smallest absolute Gasteiger partial charge is 0.402 e. The molecule has 3 unspecified atom stereocenters. The maximum absolute atomic E-state index is 10.3. The highest BCUT2D eigenvalue weighted by molar-refractivity contribution is 5.88. The van der Waals surface area contributed by atoms with E-state index >= 15 is 0 Å². The van der Waals surface area contributed by atoms with E-state index in [1.54, 1.807) is 0 Å². The van der Waals surface area contributed by atoms with E-state index in [1.165, 1.54) is 37.3 Å². The predicted octanol–water partition coefficient (Wildman–Crippen LogP) is 1.41. The molecule has 0 aliphatic carbocycles. The van der Waals surface area contributed by atoms with Crippen LogP contribution in [0.15, 0.2) is 40.8 Å². The summed E-state index contributed by atoms with van der Waals surface area (Å²) in [4.78, 5) is 0. The molecule has 164 valence electrons. The van der Waals surface area contributed by atoms with Gasteiger partial charge in [-0.1, -0.05) is 0 Å². The second-order valence-electron chi connectivity index (χ2n) is 7.32. The van der Waals surface area contributed by atoms with Crippen molar-refractivity contribution < 1.29 is 49.6 Å². The third kappa shape index (κ3) is 3.77. The Hall–Kier alpha value is -3.31. The van der Waals surface area contributed by atoms with E-state index in [1.807, 2.05) is 0 Å². The van der Waals surface area contributed by atoms with E-state index in [2.05, 4.69) is 0 Å². The van der Waals surface area contributed by atoms with Crippen molar-refractivity contribution in [3.63, 3.8) is 0 Å². The van der Waals surface area contributed by atoms with E-state index in [-0.39, 0.29) is 45.3 Å². The van der Waals surface area contributed by atoms with Gasteiger partial charge in [0.1, 0.15) is 35.2 Å². The SMILES string of the molecule is CC1O[C@H](Oc2cc3c(O)cc(O)cc3[o+]c2-c2ccc(O)c(O)c2)C(O)C(O)[C@@H]1O. The van der Waals surface area contributed by atoms with Crippen LogP contribution in [0, 0.1) is 0 Å². The predicted molar refractivity (Wildman–Crippen MR) is 106 cm³/mol. The quantitative estimate of drug-likeness (QED) is 0.237. The van der Waals surface area contributed by atoms with Crippen molar-refractivity contribution in [1.82, 2.24) is 0 Å². The van der Waals surface area contributed by atoms with Crippen molar-refractivity contribution in [2.45, 2.75) is 37.6 Å². The number of rotatable bonds is 3. The molecule has 2 aromatic carbocycles. The van der Waals surface area contributed by atoms with Crippen LogP contribution >= 0.6 is 0 Å². The minimum Gasteiger partial charge on any atom is -0.507 e. The van der Waals surface area contributed by atoms with E-state index in [9.17, 15) is 35.7 Å². The summed E-state index contributed by atoms with van der Waals surface area (Å²) >= 11 is 0. The molecule has 1 fully saturated rings. The second-order valence-corrected chi connectivity index (χ2v) is 7.32. The number of aliphatic hydroxyl groups is 3. The molecule has 1 aliphatic rings. The Balaban J connectivity index is 1.85. The molecule has 0 spiro atoms. The van der Waals surface area contributed by atoms with Gasteiger partial charge in [-0.05, 0) is 19.1 Å². The molecule has 7 N–H and O–H groups in total. The summed E-state index contributed by atoms with van der Waals surface area (Å²) in [7, 11) is 0. The van der Waals surface area contributed by atoms with Crippen LogP contribution in [0.25, 0.3) is 22.3 Å². The van der Waals surface area contributed by atoms with Crippen molar-refractivity contribution in [3.05, 3.63) is 36.4 Å². The number of aliphatic hydroxyl groups excluding tert-OH is 3. The largest absolute Gasteiger partial charge is 0.507 e. The number of fused-ring (bicyclic) bond motifs is 1. The third-order valence-electron chi connectivity index (χ3n) is 5.11. The average Bonchev–Trinajstić information content (AvgIpc) is 2.72. The Morgan fingerprint density at radius 3 is 2.29 bits per heavy atom.